The van der Waals surface area contributed by atoms with Crippen LogP contribution in [0.15, 0.2) is 0 Å². The number of hydrogen-bond donors (Lipinski definition) is 2. The summed E-state index contributed by atoms with van der Waals surface area (Å²) < 4.78 is 0. The van der Waals surface area contributed by atoms with Crippen LogP contribution in [0.25, 0.3) is 0 Å². The van der Waals surface area contributed by atoms with Crippen LogP contribution in [0.5, 0.6) is 0 Å². The second kappa shape index (κ2) is 7.52. The molecule has 0 heterocycles. The average Bonchev–Trinajstić information content (AvgIpc) is 2.75. The number of nitrogens with one attached hydrogen (secondary N) is 1. The van der Waals surface area contributed by atoms with Crippen LogP contribution in [0, 0.1) is 5.41 Å². The zero-order chi connectivity index (χ0) is 15.3. The molecule has 0 spiro atoms. The first-order chi connectivity index (χ1) is 10.1. The summed E-state index contributed by atoms with van der Waals surface area (Å²) in [5.74, 6) is -0.848. The van der Waals surface area contributed by atoms with Crippen LogP contribution in [-0.2, 0) is 9.59 Å². The van der Waals surface area contributed by atoms with Gasteiger partial charge in [0.2, 0.25) is 5.91 Å². The monoisotopic (exact) mass is 313 g/mol. The smallest absolute Gasteiger partial charge is 0.310 e. The second-order valence-electron chi connectivity index (χ2n) is 6.61. The van der Waals surface area contributed by atoms with Gasteiger partial charge in [0, 0.05) is 17.7 Å². The molecule has 0 aromatic heterocycles. The molecule has 0 radical (unpaired) electrons. The molecule has 2 aliphatic rings. The van der Waals surface area contributed by atoms with Crippen LogP contribution in [0.3, 0.4) is 0 Å². The van der Waals surface area contributed by atoms with E-state index in [1.807, 2.05) is 11.8 Å². The summed E-state index contributed by atoms with van der Waals surface area (Å²) in [4.78, 5) is 24.0. The van der Waals surface area contributed by atoms with E-state index in [2.05, 4.69) is 11.6 Å². The molecule has 21 heavy (non-hydrogen) atoms. The Kier molecular flexibility index (Phi) is 5.97. The molecule has 1 amide bonds. The number of aliphatic carboxylic acids is 1. The van der Waals surface area contributed by atoms with Crippen LogP contribution in [0.1, 0.15) is 64.2 Å². The second-order valence-corrected chi connectivity index (χ2v) is 7.75. The molecular formula is C16H27NO3S. The van der Waals surface area contributed by atoms with Crippen molar-refractivity contribution < 1.29 is 14.7 Å². The highest BCUT2D eigenvalue weighted by Crippen LogP contribution is 2.38. The summed E-state index contributed by atoms with van der Waals surface area (Å²) in [5.41, 5.74) is -0.821. The molecule has 0 bridgehead atoms. The quantitative estimate of drug-likeness (QED) is 0.765. The molecular weight excluding hydrogens is 286 g/mol. The predicted octanol–water partition coefficient (Wildman–Crippen LogP) is 3.20. The van der Waals surface area contributed by atoms with Crippen molar-refractivity contribution in [2.75, 3.05) is 6.26 Å². The van der Waals surface area contributed by atoms with Gasteiger partial charge in [0.25, 0.3) is 0 Å². The van der Waals surface area contributed by atoms with E-state index in [-0.39, 0.29) is 18.4 Å². The highest BCUT2D eigenvalue weighted by molar-refractivity contribution is 7.99. The number of carboxylic acid groups (broad SMARTS) is 1. The maximum absolute atomic E-state index is 12.3. The summed E-state index contributed by atoms with van der Waals surface area (Å²) in [6, 6.07) is 0.242. The van der Waals surface area contributed by atoms with Gasteiger partial charge >= 0.3 is 5.97 Å². The molecule has 2 rings (SSSR count). The van der Waals surface area contributed by atoms with Gasteiger partial charge in [-0.15, -0.1) is 0 Å². The Morgan fingerprint density at radius 1 is 1.19 bits per heavy atom. The van der Waals surface area contributed by atoms with Crippen molar-refractivity contribution in [2.24, 2.45) is 5.41 Å². The summed E-state index contributed by atoms with van der Waals surface area (Å²) >= 11 is 1.86. The van der Waals surface area contributed by atoms with E-state index in [0.717, 1.165) is 44.9 Å². The Hall–Kier alpha value is -0.710. The number of carboxylic acids is 1. The van der Waals surface area contributed by atoms with Crippen LogP contribution in [0.4, 0.5) is 0 Å². The molecule has 2 atom stereocenters. The molecule has 2 unspecified atom stereocenters. The minimum Gasteiger partial charge on any atom is -0.481 e. The van der Waals surface area contributed by atoms with Gasteiger partial charge in [-0.05, 0) is 38.4 Å². The summed E-state index contributed by atoms with van der Waals surface area (Å²) in [6.07, 6.45) is 10.8. The number of carbonyl (C=O) groups excluding carboxylic acids is 1. The number of rotatable bonds is 5. The fourth-order valence-corrected chi connectivity index (χ4v) is 4.54. The van der Waals surface area contributed by atoms with Gasteiger partial charge in [-0.2, -0.15) is 11.8 Å². The number of thioether (sulfide) groups is 1. The average molecular weight is 313 g/mol. The zero-order valence-corrected chi connectivity index (χ0v) is 13.7. The van der Waals surface area contributed by atoms with Crippen LogP contribution in [0.2, 0.25) is 0 Å². The van der Waals surface area contributed by atoms with E-state index in [1.54, 1.807) is 0 Å². The first kappa shape index (κ1) is 16.7. The largest absolute Gasteiger partial charge is 0.481 e. The van der Waals surface area contributed by atoms with Crippen molar-refractivity contribution in [3.8, 4) is 0 Å². The molecule has 2 aliphatic carbocycles. The molecule has 0 aromatic rings. The molecule has 0 aliphatic heterocycles. The fourth-order valence-electron chi connectivity index (χ4n) is 3.74. The van der Waals surface area contributed by atoms with Crippen molar-refractivity contribution in [1.29, 1.82) is 0 Å². The summed E-state index contributed by atoms with van der Waals surface area (Å²) in [7, 11) is 0. The third kappa shape index (κ3) is 4.38. The predicted molar refractivity (Wildman–Crippen MR) is 85.5 cm³/mol. The van der Waals surface area contributed by atoms with Crippen molar-refractivity contribution >= 4 is 23.6 Å². The minimum absolute atomic E-state index is 0.0638. The first-order valence-corrected chi connectivity index (χ1v) is 9.40. The lowest BCUT2D eigenvalue weighted by Crippen LogP contribution is -2.40. The number of hydrogen-bond acceptors (Lipinski definition) is 3. The normalized spacial score (nSPS) is 28.8. The van der Waals surface area contributed by atoms with E-state index < -0.39 is 11.4 Å². The van der Waals surface area contributed by atoms with E-state index in [9.17, 15) is 14.7 Å². The summed E-state index contributed by atoms with van der Waals surface area (Å²) in [5, 5.41) is 13.3. The first-order valence-electron chi connectivity index (χ1n) is 8.11. The van der Waals surface area contributed by atoms with E-state index >= 15 is 0 Å². The Labute approximate surface area is 131 Å². The lowest BCUT2D eigenvalue weighted by Gasteiger charge is -2.28. The molecule has 0 aromatic carbocycles. The maximum Gasteiger partial charge on any atom is 0.310 e. The Morgan fingerprint density at radius 3 is 2.38 bits per heavy atom. The topological polar surface area (TPSA) is 66.4 Å². The van der Waals surface area contributed by atoms with Crippen LogP contribution in [-0.4, -0.2) is 34.5 Å². The van der Waals surface area contributed by atoms with Gasteiger partial charge < -0.3 is 10.4 Å². The zero-order valence-electron chi connectivity index (χ0n) is 12.9. The summed E-state index contributed by atoms with van der Waals surface area (Å²) in [6.45, 7) is 0. The molecule has 120 valence electrons. The van der Waals surface area contributed by atoms with E-state index in [1.165, 1.54) is 0 Å². The van der Waals surface area contributed by atoms with E-state index in [0.29, 0.717) is 18.1 Å². The van der Waals surface area contributed by atoms with E-state index in [4.69, 9.17) is 0 Å². The van der Waals surface area contributed by atoms with Gasteiger partial charge in [0.1, 0.15) is 0 Å². The van der Waals surface area contributed by atoms with Gasteiger partial charge in [0.15, 0.2) is 0 Å². The lowest BCUT2D eigenvalue weighted by molar-refractivity contribution is -0.153. The highest BCUT2D eigenvalue weighted by Gasteiger charge is 2.41. The number of carbonyl (C=O) groups is 2. The maximum atomic E-state index is 12.3. The van der Waals surface area contributed by atoms with Gasteiger partial charge in [-0.3, -0.25) is 9.59 Å². The standard InChI is InChI=1S/C16H27NO3S/c1-21-13-7-6-12(10-13)17-14(18)11-16(15(19)20)8-4-2-3-5-9-16/h12-13H,2-11H2,1H3,(H,17,18)(H,19,20). The molecule has 2 N–H and O–H groups in total. The molecule has 4 nitrogen and oxygen atoms in total. The molecule has 0 saturated heterocycles. The van der Waals surface area contributed by atoms with Gasteiger partial charge in [-0.1, -0.05) is 25.7 Å². The third-order valence-corrected chi connectivity index (χ3v) is 6.19. The molecule has 5 heteroatoms. The van der Waals surface area contributed by atoms with Crippen LogP contribution < -0.4 is 5.32 Å². The van der Waals surface area contributed by atoms with Gasteiger partial charge in [0.05, 0.1) is 5.41 Å². The van der Waals surface area contributed by atoms with Crippen molar-refractivity contribution in [2.45, 2.75) is 75.5 Å². The SMILES string of the molecule is CSC1CCC(NC(=O)CC2(C(=O)O)CCCCCC2)C1. The van der Waals surface area contributed by atoms with Crippen molar-refractivity contribution in [3.63, 3.8) is 0 Å². The van der Waals surface area contributed by atoms with Crippen molar-refractivity contribution in [3.05, 3.63) is 0 Å². The molecule has 2 fully saturated rings. The van der Waals surface area contributed by atoms with Crippen molar-refractivity contribution in [1.82, 2.24) is 5.32 Å². The Bertz CT molecular complexity index is 378. The third-order valence-electron chi connectivity index (χ3n) is 5.10. The van der Waals surface area contributed by atoms with Crippen LogP contribution >= 0.6 is 11.8 Å². The Balaban J connectivity index is 1.91. The fraction of sp³-hybridized carbons (Fsp3) is 0.875. The minimum atomic E-state index is -0.821. The highest BCUT2D eigenvalue weighted by atomic mass is 32.2. The lowest BCUT2D eigenvalue weighted by atomic mass is 9.77. The molecule has 2 saturated carbocycles. The number of amides is 1. The van der Waals surface area contributed by atoms with Gasteiger partial charge in [-0.25, -0.2) is 0 Å². The Morgan fingerprint density at radius 2 is 1.86 bits per heavy atom.